The van der Waals surface area contributed by atoms with E-state index in [9.17, 15) is 4.79 Å². The molecule has 0 aliphatic rings. The molecule has 0 fully saturated rings. The third kappa shape index (κ3) is 2.84. The first-order valence-electron chi connectivity index (χ1n) is 5.40. The van der Waals surface area contributed by atoms with Crippen molar-refractivity contribution in [2.45, 2.75) is 13.0 Å². The number of methoxy groups -OCH3 is 1. The number of rotatable bonds is 4. The Kier molecular flexibility index (Phi) is 3.88. The van der Waals surface area contributed by atoms with E-state index in [2.05, 4.69) is 15.5 Å². The van der Waals surface area contributed by atoms with Gasteiger partial charge in [-0.1, -0.05) is 41.7 Å². The highest BCUT2D eigenvalue weighted by molar-refractivity contribution is 7.15. The second-order valence-electron chi connectivity index (χ2n) is 3.64. The van der Waals surface area contributed by atoms with Crippen molar-refractivity contribution >= 4 is 22.4 Å². The molecule has 0 saturated carbocycles. The fourth-order valence-corrected chi connectivity index (χ4v) is 2.14. The summed E-state index contributed by atoms with van der Waals surface area (Å²) in [4.78, 5) is 11.8. The first kappa shape index (κ1) is 12.5. The van der Waals surface area contributed by atoms with Crippen LogP contribution in [0.4, 0.5) is 5.13 Å². The first-order valence-corrected chi connectivity index (χ1v) is 6.22. The molecule has 1 atom stereocenters. The Morgan fingerprint density at radius 3 is 2.61 bits per heavy atom. The molecule has 1 aromatic carbocycles. The van der Waals surface area contributed by atoms with Crippen molar-refractivity contribution < 1.29 is 9.53 Å². The quantitative estimate of drug-likeness (QED) is 0.856. The third-order valence-electron chi connectivity index (χ3n) is 2.36. The highest BCUT2D eigenvalue weighted by Crippen LogP contribution is 2.23. The van der Waals surface area contributed by atoms with Gasteiger partial charge >= 0.3 is 5.97 Å². The van der Waals surface area contributed by atoms with Crippen LogP contribution < -0.4 is 5.32 Å². The molecule has 2 aromatic rings. The summed E-state index contributed by atoms with van der Waals surface area (Å²) >= 11 is 1.40. The van der Waals surface area contributed by atoms with Crippen LogP contribution in [0.1, 0.15) is 16.6 Å². The van der Waals surface area contributed by atoms with Gasteiger partial charge in [0.2, 0.25) is 5.13 Å². The van der Waals surface area contributed by atoms with Gasteiger partial charge in [-0.15, -0.1) is 10.2 Å². The molecule has 0 aliphatic heterocycles. The van der Waals surface area contributed by atoms with Crippen molar-refractivity contribution in [1.29, 1.82) is 0 Å². The molecule has 1 unspecified atom stereocenters. The van der Waals surface area contributed by atoms with Gasteiger partial charge < -0.3 is 10.1 Å². The molecule has 2 rings (SSSR count). The lowest BCUT2D eigenvalue weighted by atomic mass is 10.1. The van der Waals surface area contributed by atoms with E-state index in [1.807, 2.05) is 37.3 Å². The molecule has 0 saturated heterocycles. The Balaban J connectivity index is 2.24. The maximum absolute atomic E-state index is 11.8. The minimum Gasteiger partial charge on any atom is -0.467 e. The molecule has 0 spiro atoms. The number of hydrogen-bond acceptors (Lipinski definition) is 6. The van der Waals surface area contributed by atoms with Crippen LogP contribution in [-0.2, 0) is 9.53 Å². The van der Waals surface area contributed by atoms with E-state index < -0.39 is 6.04 Å². The summed E-state index contributed by atoms with van der Waals surface area (Å²) in [6, 6.07) is 8.80. The van der Waals surface area contributed by atoms with Gasteiger partial charge in [0.1, 0.15) is 5.01 Å². The van der Waals surface area contributed by atoms with E-state index in [4.69, 9.17) is 4.74 Å². The normalized spacial score (nSPS) is 11.9. The summed E-state index contributed by atoms with van der Waals surface area (Å²) in [6.07, 6.45) is 0. The molecule has 18 heavy (non-hydrogen) atoms. The Labute approximate surface area is 109 Å². The predicted octanol–water partition coefficient (Wildman–Crippen LogP) is 2.17. The summed E-state index contributed by atoms with van der Waals surface area (Å²) in [5.74, 6) is -0.353. The van der Waals surface area contributed by atoms with E-state index in [1.165, 1.54) is 18.4 Å². The predicted molar refractivity (Wildman–Crippen MR) is 69.5 cm³/mol. The highest BCUT2D eigenvalue weighted by Gasteiger charge is 2.22. The van der Waals surface area contributed by atoms with E-state index in [0.717, 1.165) is 10.6 Å². The number of nitrogens with zero attached hydrogens (tertiary/aromatic N) is 2. The average Bonchev–Trinajstić information content (AvgIpc) is 2.82. The lowest BCUT2D eigenvalue weighted by Gasteiger charge is -2.15. The van der Waals surface area contributed by atoms with Crippen LogP contribution >= 0.6 is 11.3 Å². The van der Waals surface area contributed by atoms with Crippen LogP contribution in [0.3, 0.4) is 0 Å². The zero-order valence-corrected chi connectivity index (χ0v) is 10.9. The number of ether oxygens (including phenoxy) is 1. The summed E-state index contributed by atoms with van der Waals surface area (Å²) in [7, 11) is 1.37. The minimum atomic E-state index is -0.566. The fourth-order valence-electron chi connectivity index (χ4n) is 1.52. The number of benzene rings is 1. The Bertz CT molecular complexity index is 527. The highest BCUT2D eigenvalue weighted by atomic mass is 32.1. The molecule has 1 N–H and O–H groups in total. The third-order valence-corrected chi connectivity index (χ3v) is 3.13. The molecule has 1 aromatic heterocycles. The average molecular weight is 263 g/mol. The van der Waals surface area contributed by atoms with Crippen LogP contribution in [0.2, 0.25) is 0 Å². The SMILES string of the molecule is COC(=O)C(Nc1nnc(C)s1)c1ccccc1. The Morgan fingerprint density at radius 1 is 1.33 bits per heavy atom. The molecule has 0 aliphatic carbocycles. The maximum Gasteiger partial charge on any atom is 0.333 e. The summed E-state index contributed by atoms with van der Waals surface area (Å²) < 4.78 is 4.80. The van der Waals surface area contributed by atoms with Gasteiger partial charge in [-0.05, 0) is 12.5 Å². The van der Waals surface area contributed by atoms with E-state index in [-0.39, 0.29) is 5.97 Å². The maximum atomic E-state index is 11.8. The van der Waals surface area contributed by atoms with Crippen molar-refractivity contribution in [2.24, 2.45) is 0 Å². The van der Waals surface area contributed by atoms with Crippen molar-refractivity contribution in [2.75, 3.05) is 12.4 Å². The second kappa shape index (κ2) is 5.59. The number of esters is 1. The van der Waals surface area contributed by atoms with Crippen LogP contribution in [0.5, 0.6) is 0 Å². The molecule has 0 bridgehead atoms. The van der Waals surface area contributed by atoms with Crippen molar-refractivity contribution in [3.05, 3.63) is 40.9 Å². The van der Waals surface area contributed by atoms with Crippen molar-refractivity contribution in [1.82, 2.24) is 10.2 Å². The molecule has 94 valence electrons. The molecule has 6 heteroatoms. The number of aromatic nitrogens is 2. The first-order chi connectivity index (χ1) is 8.70. The number of carbonyl (C=O) groups is 1. The molecule has 5 nitrogen and oxygen atoms in total. The van der Waals surface area contributed by atoms with Gasteiger partial charge in [0.25, 0.3) is 0 Å². The largest absolute Gasteiger partial charge is 0.467 e. The van der Waals surface area contributed by atoms with Crippen LogP contribution in [0.15, 0.2) is 30.3 Å². The summed E-state index contributed by atoms with van der Waals surface area (Å²) in [5, 5.41) is 12.3. The molecular weight excluding hydrogens is 250 g/mol. The van der Waals surface area contributed by atoms with Gasteiger partial charge in [-0.25, -0.2) is 4.79 Å². The van der Waals surface area contributed by atoms with Crippen LogP contribution in [-0.4, -0.2) is 23.3 Å². The zero-order chi connectivity index (χ0) is 13.0. The van der Waals surface area contributed by atoms with Crippen LogP contribution in [0, 0.1) is 6.92 Å². The van der Waals surface area contributed by atoms with Gasteiger partial charge in [-0.2, -0.15) is 0 Å². The molecule has 0 amide bonds. The van der Waals surface area contributed by atoms with Gasteiger partial charge in [0, 0.05) is 0 Å². The smallest absolute Gasteiger partial charge is 0.333 e. The number of carbonyl (C=O) groups excluding carboxylic acids is 1. The van der Waals surface area contributed by atoms with E-state index in [1.54, 1.807) is 0 Å². The lowest BCUT2D eigenvalue weighted by molar-refractivity contribution is -0.141. The molecule has 0 radical (unpaired) electrons. The number of hydrogen-bond donors (Lipinski definition) is 1. The summed E-state index contributed by atoms with van der Waals surface area (Å²) in [5.41, 5.74) is 0.831. The lowest BCUT2D eigenvalue weighted by Crippen LogP contribution is -2.22. The fraction of sp³-hybridized carbons (Fsp3) is 0.250. The van der Waals surface area contributed by atoms with E-state index >= 15 is 0 Å². The molecule has 1 heterocycles. The van der Waals surface area contributed by atoms with Crippen molar-refractivity contribution in [3.63, 3.8) is 0 Å². The van der Waals surface area contributed by atoms with Gasteiger partial charge in [0.05, 0.1) is 7.11 Å². The van der Waals surface area contributed by atoms with E-state index in [0.29, 0.717) is 5.13 Å². The zero-order valence-electron chi connectivity index (χ0n) is 10.1. The standard InChI is InChI=1S/C12H13N3O2S/c1-8-14-15-12(18-8)13-10(11(16)17-2)9-6-4-3-5-7-9/h3-7,10H,1-2H3,(H,13,15). The van der Waals surface area contributed by atoms with Gasteiger partial charge in [-0.3, -0.25) is 0 Å². The topological polar surface area (TPSA) is 64.1 Å². The molecular formula is C12H13N3O2S. The Hall–Kier alpha value is -1.95. The van der Waals surface area contributed by atoms with Crippen LogP contribution in [0.25, 0.3) is 0 Å². The van der Waals surface area contributed by atoms with Crippen molar-refractivity contribution in [3.8, 4) is 0 Å². The second-order valence-corrected chi connectivity index (χ2v) is 4.82. The summed E-state index contributed by atoms with van der Waals surface area (Å²) in [6.45, 7) is 1.86. The number of anilines is 1. The van der Waals surface area contributed by atoms with Gasteiger partial charge in [0.15, 0.2) is 6.04 Å². The number of aryl methyl sites for hydroxylation is 1. The monoisotopic (exact) mass is 263 g/mol. The Morgan fingerprint density at radius 2 is 2.06 bits per heavy atom. The minimum absolute atomic E-state index is 0.353. The number of nitrogens with one attached hydrogen (secondary N) is 1.